The van der Waals surface area contributed by atoms with E-state index >= 15 is 0 Å². The van der Waals surface area contributed by atoms with Crippen molar-refractivity contribution in [1.82, 2.24) is 4.90 Å². The number of aliphatic carboxylic acids is 1. The normalized spacial score (nSPS) is 16.8. The van der Waals surface area contributed by atoms with E-state index in [0.717, 1.165) is 0 Å². The summed E-state index contributed by atoms with van der Waals surface area (Å²) in [7, 11) is 0. The predicted octanol–water partition coefficient (Wildman–Crippen LogP) is 1.66. The number of carbonyl (C=O) groups is 2. The minimum atomic E-state index is -1.01. The molecule has 1 fully saturated rings. The number of carboxylic acid groups (broad SMARTS) is 1. The molecule has 1 amide bonds. The summed E-state index contributed by atoms with van der Waals surface area (Å²) < 4.78 is 5.25. The Morgan fingerprint density at radius 2 is 2.16 bits per heavy atom. The third kappa shape index (κ3) is 3.24. The van der Waals surface area contributed by atoms with Crippen molar-refractivity contribution >= 4 is 23.5 Å². The zero-order valence-electron chi connectivity index (χ0n) is 10.4. The fourth-order valence-electron chi connectivity index (χ4n) is 2.04. The molecule has 1 aromatic rings. The quantitative estimate of drug-likeness (QED) is 0.912. The maximum absolute atomic E-state index is 12.1. The Kier molecular flexibility index (Phi) is 3.78. The average Bonchev–Trinajstić information content (AvgIpc) is 2.32. The summed E-state index contributed by atoms with van der Waals surface area (Å²) in [6, 6.07) is 6.73. The van der Waals surface area contributed by atoms with E-state index < -0.39 is 11.6 Å². The summed E-state index contributed by atoms with van der Waals surface area (Å²) >= 11 is 5.83. The number of likely N-dealkylation sites (tertiary alicyclic amines) is 1. The van der Waals surface area contributed by atoms with E-state index in [1.807, 2.05) is 0 Å². The van der Waals surface area contributed by atoms with Gasteiger partial charge in [-0.15, -0.1) is 0 Å². The van der Waals surface area contributed by atoms with Gasteiger partial charge < -0.3 is 14.7 Å². The van der Waals surface area contributed by atoms with Crippen LogP contribution in [0.4, 0.5) is 0 Å². The zero-order valence-corrected chi connectivity index (χ0v) is 11.2. The second kappa shape index (κ2) is 5.19. The third-order valence-corrected chi connectivity index (χ3v) is 3.19. The van der Waals surface area contributed by atoms with Gasteiger partial charge in [0.2, 0.25) is 0 Å². The monoisotopic (exact) mass is 283 g/mol. The van der Waals surface area contributed by atoms with Crippen LogP contribution in [-0.2, 0) is 9.53 Å². The fourth-order valence-corrected chi connectivity index (χ4v) is 2.23. The molecular formula is C13H14ClNO4. The van der Waals surface area contributed by atoms with Gasteiger partial charge in [0, 0.05) is 10.6 Å². The largest absolute Gasteiger partial charge is 0.480 e. The van der Waals surface area contributed by atoms with Crippen molar-refractivity contribution in [3.63, 3.8) is 0 Å². The first-order chi connectivity index (χ1) is 8.89. The highest BCUT2D eigenvalue weighted by atomic mass is 35.5. The number of ether oxygens (including phenoxy) is 1. The molecule has 6 heteroatoms. The van der Waals surface area contributed by atoms with Crippen LogP contribution in [-0.4, -0.2) is 47.2 Å². The lowest BCUT2D eigenvalue weighted by Gasteiger charge is -2.47. The highest BCUT2D eigenvalue weighted by molar-refractivity contribution is 6.30. The van der Waals surface area contributed by atoms with Crippen molar-refractivity contribution in [2.45, 2.75) is 12.5 Å². The van der Waals surface area contributed by atoms with Crippen LogP contribution in [0.25, 0.3) is 0 Å². The topological polar surface area (TPSA) is 66.8 Å². The summed E-state index contributed by atoms with van der Waals surface area (Å²) in [6.07, 6.45) is 0. The smallest absolute Gasteiger partial charge is 0.329 e. The number of rotatable bonds is 4. The van der Waals surface area contributed by atoms with Crippen LogP contribution < -0.4 is 0 Å². The minimum Gasteiger partial charge on any atom is -0.480 e. The van der Waals surface area contributed by atoms with Gasteiger partial charge in [-0.25, -0.2) is 4.79 Å². The van der Waals surface area contributed by atoms with Crippen molar-refractivity contribution in [3.05, 3.63) is 34.9 Å². The number of nitrogens with zero attached hydrogens (tertiary/aromatic N) is 1. The van der Waals surface area contributed by atoms with Crippen molar-refractivity contribution < 1.29 is 19.4 Å². The second-order valence-electron chi connectivity index (χ2n) is 4.80. The SMILES string of the molecule is CC1(OCC(=O)O)CN(C(=O)c2cccc(Cl)c2)C1. The van der Waals surface area contributed by atoms with Crippen LogP contribution in [0.1, 0.15) is 17.3 Å². The molecule has 1 aliphatic heterocycles. The molecule has 102 valence electrons. The van der Waals surface area contributed by atoms with Crippen LogP contribution in [0, 0.1) is 0 Å². The van der Waals surface area contributed by atoms with Crippen molar-refractivity contribution in [2.24, 2.45) is 0 Å². The Hall–Kier alpha value is -1.59. The Morgan fingerprint density at radius 1 is 1.47 bits per heavy atom. The van der Waals surface area contributed by atoms with E-state index in [4.69, 9.17) is 21.4 Å². The molecular weight excluding hydrogens is 270 g/mol. The number of carbonyl (C=O) groups excluding carboxylic acids is 1. The number of amides is 1. The number of hydrogen-bond donors (Lipinski definition) is 1. The number of hydrogen-bond acceptors (Lipinski definition) is 3. The molecule has 0 spiro atoms. The van der Waals surface area contributed by atoms with E-state index in [-0.39, 0.29) is 12.5 Å². The lowest BCUT2D eigenvalue weighted by molar-refractivity contribution is -0.159. The molecule has 0 radical (unpaired) electrons. The fraction of sp³-hybridized carbons (Fsp3) is 0.385. The zero-order chi connectivity index (χ0) is 14.0. The average molecular weight is 284 g/mol. The lowest BCUT2D eigenvalue weighted by atomic mass is 9.95. The Morgan fingerprint density at radius 3 is 2.74 bits per heavy atom. The van der Waals surface area contributed by atoms with Gasteiger partial charge in [-0.2, -0.15) is 0 Å². The van der Waals surface area contributed by atoms with Gasteiger partial charge >= 0.3 is 5.97 Å². The summed E-state index contributed by atoms with van der Waals surface area (Å²) in [5, 5.41) is 9.07. The maximum atomic E-state index is 12.1. The number of benzene rings is 1. The van der Waals surface area contributed by atoms with Gasteiger partial charge in [-0.05, 0) is 25.1 Å². The van der Waals surface area contributed by atoms with Crippen molar-refractivity contribution in [2.75, 3.05) is 19.7 Å². The standard InChI is InChI=1S/C13H14ClNO4/c1-13(19-6-11(16)17)7-15(8-13)12(18)9-3-2-4-10(14)5-9/h2-5H,6-8H2,1H3,(H,16,17). The summed E-state index contributed by atoms with van der Waals surface area (Å²) in [6.45, 7) is 2.20. The lowest BCUT2D eigenvalue weighted by Crippen LogP contribution is -2.63. The van der Waals surface area contributed by atoms with Gasteiger partial charge in [-0.3, -0.25) is 4.79 Å². The highest BCUT2D eigenvalue weighted by Crippen LogP contribution is 2.26. The Bertz CT molecular complexity index is 511. The first-order valence-electron chi connectivity index (χ1n) is 5.80. The first-order valence-corrected chi connectivity index (χ1v) is 6.18. The van der Waals surface area contributed by atoms with Crippen molar-refractivity contribution in [3.8, 4) is 0 Å². The van der Waals surface area contributed by atoms with E-state index in [9.17, 15) is 9.59 Å². The highest BCUT2D eigenvalue weighted by Gasteiger charge is 2.42. The molecule has 0 bridgehead atoms. The maximum Gasteiger partial charge on any atom is 0.329 e. The van der Waals surface area contributed by atoms with Crippen LogP contribution in [0.15, 0.2) is 24.3 Å². The predicted molar refractivity (Wildman–Crippen MR) is 69.3 cm³/mol. The van der Waals surface area contributed by atoms with Gasteiger partial charge in [0.1, 0.15) is 12.2 Å². The first kappa shape index (κ1) is 13.8. The Balaban J connectivity index is 1.93. The van der Waals surface area contributed by atoms with Gasteiger partial charge in [0.05, 0.1) is 13.1 Å². The van der Waals surface area contributed by atoms with Gasteiger partial charge in [-0.1, -0.05) is 17.7 Å². The molecule has 1 N–H and O–H groups in total. The molecule has 0 saturated carbocycles. The molecule has 0 aromatic heterocycles. The number of carboxylic acids is 1. The van der Waals surface area contributed by atoms with Gasteiger partial charge in [0.15, 0.2) is 0 Å². The Labute approximate surface area is 115 Å². The van der Waals surface area contributed by atoms with Gasteiger partial charge in [0.25, 0.3) is 5.91 Å². The molecule has 0 aliphatic carbocycles. The molecule has 19 heavy (non-hydrogen) atoms. The van der Waals surface area contributed by atoms with E-state index in [0.29, 0.717) is 23.7 Å². The van der Waals surface area contributed by atoms with Crippen LogP contribution >= 0.6 is 11.6 Å². The minimum absolute atomic E-state index is 0.126. The molecule has 0 atom stereocenters. The van der Waals surface area contributed by atoms with Crippen LogP contribution in [0.3, 0.4) is 0 Å². The molecule has 1 saturated heterocycles. The van der Waals surface area contributed by atoms with E-state index in [1.54, 1.807) is 36.1 Å². The molecule has 1 heterocycles. The summed E-state index contributed by atoms with van der Waals surface area (Å²) in [4.78, 5) is 24.1. The van der Waals surface area contributed by atoms with Crippen molar-refractivity contribution in [1.29, 1.82) is 0 Å². The molecule has 1 aromatic carbocycles. The second-order valence-corrected chi connectivity index (χ2v) is 5.24. The molecule has 1 aliphatic rings. The molecule has 5 nitrogen and oxygen atoms in total. The van der Waals surface area contributed by atoms with E-state index in [1.165, 1.54) is 0 Å². The summed E-state index contributed by atoms with van der Waals surface area (Å²) in [5.74, 6) is -1.14. The molecule has 2 rings (SSSR count). The third-order valence-electron chi connectivity index (χ3n) is 2.95. The van der Waals surface area contributed by atoms with Crippen LogP contribution in [0.2, 0.25) is 5.02 Å². The van der Waals surface area contributed by atoms with E-state index in [2.05, 4.69) is 0 Å². The van der Waals surface area contributed by atoms with Crippen LogP contribution in [0.5, 0.6) is 0 Å². The molecule has 0 unspecified atom stereocenters. The summed E-state index contributed by atoms with van der Waals surface area (Å²) in [5.41, 5.74) is -0.0557. The number of halogens is 1.